The summed E-state index contributed by atoms with van der Waals surface area (Å²) in [5, 5.41) is 2.88. The molecule has 29 heavy (non-hydrogen) atoms. The van der Waals surface area contributed by atoms with Gasteiger partial charge in [0.15, 0.2) is 0 Å². The number of hydrogen-bond donors (Lipinski definition) is 2. The summed E-state index contributed by atoms with van der Waals surface area (Å²) < 4.78 is 38.7. The highest BCUT2D eigenvalue weighted by Gasteiger charge is 2.24. The van der Waals surface area contributed by atoms with Gasteiger partial charge in [-0.25, -0.2) is 13.1 Å². The van der Waals surface area contributed by atoms with Gasteiger partial charge < -0.3 is 14.8 Å². The molecule has 0 saturated heterocycles. The minimum Gasteiger partial charge on any atom is -0.497 e. The predicted octanol–water partition coefficient (Wildman–Crippen LogP) is 3.03. The molecule has 0 spiro atoms. The molecule has 0 bridgehead atoms. The molecule has 0 aromatic heterocycles. The Morgan fingerprint density at radius 2 is 1.48 bits per heavy atom. The third kappa shape index (κ3) is 6.47. The van der Waals surface area contributed by atoms with Crippen molar-refractivity contribution in [1.82, 2.24) is 10.0 Å². The highest BCUT2D eigenvalue weighted by atomic mass is 32.2. The van der Waals surface area contributed by atoms with E-state index in [1.54, 1.807) is 43.5 Å². The number of rotatable bonds is 10. The number of carbonyl (C=O) groups excluding carboxylic acids is 1. The standard InChI is InChI=1S/C21H28N2O5S/c1-5-15(2)22-21(24)14-20(16-6-8-17(27-3)9-7-16)23-29(25,26)19-12-10-18(28-4)11-13-19/h6-13,15,20,23H,5,14H2,1-4H3,(H,22,24)/t15-,20-/m1/s1. The zero-order chi connectivity index (χ0) is 21.4. The topological polar surface area (TPSA) is 93.7 Å². The van der Waals surface area contributed by atoms with Crippen molar-refractivity contribution in [2.45, 2.75) is 43.7 Å². The lowest BCUT2D eigenvalue weighted by Crippen LogP contribution is -2.37. The van der Waals surface area contributed by atoms with E-state index in [4.69, 9.17) is 9.47 Å². The van der Waals surface area contributed by atoms with Crippen LogP contribution in [0.15, 0.2) is 53.4 Å². The summed E-state index contributed by atoms with van der Waals surface area (Å²) in [5.41, 5.74) is 0.669. The molecule has 2 rings (SSSR count). The van der Waals surface area contributed by atoms with Crippen LogP contribution < -0.4 is 19.5 Å². The summed E-state index contributed by atoms with van der Waals surface area (Å²) in [6.45, 7) is 3.88. The molecule has 0 heterocycles. The molecule has 8 heteroatoms. The second-order valence-electron chi connectivity index (χ2n) is 6.70. The number of sulfonamides is 1. The van der Waals surface area contributed by atoms with E-state index in [-0.39, 0.29) is 23.3 Å². The lowest BCUT2D eigenvalue weighted by atomic mass is 10.0. The van der Waals surface area contributed by atoms with Crippen LogP contribution in [0, 0.1) is 0 Å². The first kappa shape index (κ1) is 22.7. The van der Waals surface area contributed by atoms with E-state index in [0.29, 0.717) is 17.1 Å². The zero-order valence-electron chi connectivity index (χ0n) is 17.1. The average molecular weight is 421 g/mol. The molecule has 0 fully saturated rings. The van der Waals surface area contributed by atoms with Crippen molar-refractivity contribution in [3.63, 3.8) is 0 Å². The lowest BCUT2D eigenvalue weighted by Gasteiger charge is -2.21. The van der Waals surface area contributed by atoms with E-state index in [9.17, 15) is 13.2 Å². The quantitative estimate of drug-likeness (QED) is 0.616. The van der Waals surface area contributed by atoms with Gasteiger partial charge in [0.25, 0.3) is 0 Å². The van der Waals surface area contributed by atoms with E-state index in [1.165, 1.54) is 19.2 Å². The van der Waals surface area contributed by atoms with Crippen LogP contribution in [0.3, 0.4) is 0 Å². The van der Waals surface area contributed by atoms with Crippen molar-refractivity contribution in [3.8, 4) is 11.5 Å². The fourth-order valence-electron chi connectivity index (χ4n) is 2.70. The molecule has 158 valence electrons. The van der Waals surface area contributed by atoms with Crippen molar-refractivity contribution in [3.05, 3.63) is 54.1 Å². The third-order valence-corrected chi connectivity index (χ3v) is 6.08. The number of amides is 1. The lowest BCUT2D eigenvalue weighted by molar-refractivity contribution is -0.122. The first-order chi connectivity index (χ1) is 13.8. The van der Waals surface area contributed by atoms with Crippen molar-refractivity contribution < 1.29 is 22.7 Å². The van der Waals surface area contributed by atoms with E-state index < -0.39 is 16.1 Å². The normalized spacial score (nSPS) is 13.4. The first-order valence-corrected chi connectivity index (χ1v) is 10.9. The second-order valence-corrected chi connectivity index (χ2v) is 8.42. The predicted molar refractivity (Wildman–Crippen MR) is 112 cm³/mol. The van der Waals surface area contributed by atoms with Gasteiger partial charge in [-0.15, -0.1) is 0 Å². The van der Waals surface area contributed by atoms with Crippen LogP contribution in [0.25, 0.3) is 0 Å². The summed E-state index contributed by atoms with van der Waals surface area (Å²) in [6.07, 6.45) is 0.766. The van der Waals surface area contributed by atoms with E-state index in [1.807, 2.05) is 13.8 Å². The highest BCUT2D eigenvalue weighted by molar-refractivity contribution is 7.89. The Morgan fingerprint density at radius 1 is 0.966 bits per heavy atom. The second kappa shape index (κ2) is 10.3. The molecule has 0 aliphatic heterocycles. The molecule has 2 aromatic rings. The van der Waals surface area contributed by atoms with Crippen molar-refractivity contribution in [2.24, 2.45) is 0 Å². The van der Waals surface area contributed by atoms with Crippen LogP contribution in [-0.4, -0.2) is 34.6 Å². The Labute approximate surface area is 172 Å². The van der Waals surface area contributed by atoms with Crippen molar-refractivity contribution in [2.75, 3.05) is 14.2 Å². The largest absolute Gasteiger partial charge is 0.497 e. The van der Waals surface area contributed by atoms with Gasteiger partial charge in [-0.3, -0.25) is 4.79 Å². The molecule has 0 radical (unpaired) electrons. The number of hydrogen-bond acceptors (Lipinski definition) is 5. The molecule has 0 aliphatic carbocycles. The smallest absolute Gasteiger partial charge is 0.241 e. The molecule has 1 amide bonds. The number of carbonyl (C=O) groups is 1. The van der Waals surface area contributed by atoms with Gasteiger partial charge in [0.2, 0.25) is 15.9 Å². The molecule has 7 nitrogen and oxygen atoms in total. The molecular weight excluding hydrogens is 392 g/mol. The van der Waals surface area contributed by atoms with Gasteiger partial charge in [-0.05, 0) is 55.3 Å². The average Bonchev–Trinajstić information content (AvgIpc) is 2.73. The van der Waals surface area contributed by atoms with Crippen LogP contribution in [0.4, 0.5) is 0 Å². The van der Waals surface area contributed by atoms with Crippen molar-refractivity contribution >= 4 is 15.9 Å². The number of nitrogens with one attached hydrogen (secondary N) is 2. The third-order valence-electron chi connectivity index (χ3n) is 4.59. The van der Waals surface area contributed by atoms with Gasteiger partial charge in [0, 0.05) is 12.5 Å². The summed E-state index contributed by atoms with van der Waals surface area (Å²) in [6, 6.07) is 12.3. The number of ether oxygens (including phenoxy) is 2. The summed E-state index contributed by atoms with van der Waals surface area (Å²) >= 11 is 0. The summed E-state index contributed by atoms with van der Waals surface area (Å²) in [7, 11) is -0.779. The molecule has 0 saturated carbocycles. The maximum atomic E-state index is 12.9. The van der Waals surface area contributed by atoms with E-state index >= 15 is 0 Å². The molecule has 0 unspecified atom stereocenters. The summed E-state index contributed by atoms with van der Waals surface area (Å²) in [5.74, 6) is 0.982. The van der Waals surface area contributed by atoms with Gasteiger partial charge in [-0.1, -0.05) is 19.1 Å². The Bertz CT molecular complexity index is 896. The maximum absolute atomic E-state index is 12.9. The maximum Gasteiger partial charge on any atom is 0.241 e. The Balaban J connectivity index is 2.28. The zero-order valence-corrected chi connectivity index (χ0v) is 18.0. The molecule has 2 atom stereocenters. The van der Waals surface area contributed by atoms with Crippen LogP contribution in [-0.2, 0) is 14.8 Å². The minimum absolute atomic E-state index is 0.0113. The summed E-state index contributed by atoms with van der Waals surface area (Å²) in [4.78, 5) is 12.5. The molecule has 2 aromatic carbocycles. The van der Waals surface area contributed by atoms with Gasteiger partial charge in [0.05, 0.1) is 25.2 Å². The SMILES string of the molecule is CC[C@@H](C)NC(=O)C[C@@H](NS(=O)(=O)c1ccc(OC)cc1)c1ccc(OC)cc1. The Hall–Kier alpha value is -2.58. The monoisotopic (exact) mass is 420 g/mol. The van der Waals surface area contributed by atoms with Crippen LogP contribution in [0.5, 0.6) is 11.5 Å². The van der Waals surface area contributed by atoms with Gasteiger partial charge in [0.1, 0.15) is 11.5 Å². The van der Waals surface area contributed by atoms with Crippen LogP contribution in [0.2, 0.25) is 0 Å². The van der Waals surface area contributed by atoms with E-state index in [0.717, 1.165) is 6.42 Å². The van der Waals surface area contributed by atoms with Crippen molar-refractivity contribution in [1.29, 1.82) is 0 Å². The van der Waals surface area contributed by atoms with E-state index in [2.05, 4.69) is 10.0 Å². The van der Waals surface area contributed by atoms with Gasteiger partial charge in [-0.2, -0.15) is 0 Å². The fraction of sp³-hybridized carbons (Fsp3) is 0.381. The molecular formula is C21H28N2O5S. The minimum atomic E-state index is -3.84. The Morgan fingerprint density at radius 3 is 1.97 bits per heavy atom. The van der Waals surface area contributed by atoms with Crippen LogP contribution >= 0.6 is 0 Å². The first-order valence-electron chi connectivity index (χ1n) is 9.38. The number of benzene rings is 2. The number of methoxy groups -OCH3 is 2. The Kier molecular flexibility index (Phi) is 8.04. The molecule has 2 N–H and O–H groups in total. The van der Waals surface area contributed by atoms with Gasteiger partial charge >= 0.3 is 0 Å². The highest BCUT2D eigenvalue weighted by Crippen LogP contribution is 2.24. The van der Waals surface area contributed by atoms with Crippen LogP contribution in [0.1, 0.15) is 38.3 Å². The molecule has 0 aliphatic rings. The fourth-order valence-corrected chi connectivity index (χ4v) is 3.92.